The summed E-state index contributed by atoms with van der Waals surface area (Å²) in [5.74, 6) is 8.93. The van der Waals surface area contributed by atoms with Crippen LogP contribution < -0.4 is 16.6 Å². The monoisotopic (exact) mass is 276 g/mol. The Labute approximate surface area is 118 Å². The van der Waals surface area contributed by atoms with Crippen molar-refractivity contribution in [1.82, 2.24) is 15.0 Å². The van der Waals surface area contributed by atoms with E-state index in [-0.39, 0.29) is 0 Å². The number of anilines is 2. The number of nitrogens with one attached hydrogen (secondary N) is 2. The van der Waals surface area contributed by atoms with Crippen LogP contribution in [0.1, 0.15) is 36.5 Å². The molecule has 0 unspecified atom stereocenters. The summed E-state index contributed by atoms with van der Waals surface area (Å²) in [7, 11) is 0. The quantitative estimate of drug-likeness (QED) is 0.547. The number of nitrogens with two attached hydrogens (primary N) is 1. The second kappa shape index (κ2) is 6.33. The zero-order chi connectivity index (χ0) is 14.5. The van der Waals surface area contributed by atoms with Crippen molar-refractivity contribution < 1.29 is 4.42 Å². The largest absolute Gasteiger partial charge is 0.444 e. The molecule has 4 N–H and O–H groups in total. The van der Waals surface area contributed by atoms with Gasteiger partial charge in [0.15, 0.2) is 0 Å². The lowest BCUT2D eigenvalue weighted by molar-refractivity contribution is 0.478. The van der Waals surface area contributed by atoms with Crippen LogP contribution >= 0.6 is 0 Å². The maximum atomic E-state index is 5.51. The molecule has 0 saturated carbocycles. The van der Waals surface area contributed by atoms with Gasteiger partial charge < -0.3 is 15.2 Å². The van der Waals surface area contributed by atoms with Gasteiger partial charge in [0.05, 0.1) is 12.2 Å². The molecule has 0 fully saturated rings. The third-order valence-electron chi connectivity index (χ3n) is 2.89. The van der Waals surface area contributed by atoms with Gasteiger partial charge >= 0.3 is 0 Å². The van der Waals surface area contributed by atoms with Gasteiger partial charge in [0.2, 0.25) is 5.89 Å². The molecular formula is C13H20N6O. The zero-order valence-corrected chi connectivity index (χ0v) is 12.0. The predicted molar refractivity (Wildman–Crippen MR) is 77.1 cm³/mol. The average Bonchev–Trinajstić information content (AvgIpc) is 2.76. The molecular weight excluding hydrogens is 256 g/mol. The fourth-order valence-corrected chi connectivity index (χ4v) is 1.78. The van der Waals surface area contributed by atoms with E-state index >= 15 is 0 Å². The van der Waals surface area contributed by atoms with Gasteiger partial charge in [-0.1, -0.05) is 6.92 Å². The van der Waals surface area contributed by atoms with Gasteiger partial charge in [0.25, 0.3) is 0 Å². The molecule has 0 aliphatic heterocycles. The summed E-state index contributed by atoms with van der Waals surface area (Å²) in [5, 5.41) is 3.17. The first-order valence-electron chi connectivity index (χ1n) is 6.63. The number of aromatic nitrogens is 3. The summed E-state index contributed by atoms with van der Waals surface area (Å²) in [6.45, 7) is 6.37. The van der Waals surface area contributed by atoms with Gasteiger partial charge in [-0.2, -0.15) is 0 Å². The van der Waals surface area contributed by atoms with Crippen LogP contribution in [0.3, 0.4) is 0 Å². The van der Waals surface area contributed by atoms with Crippen molar-refractivity contribution in [2.24, 2.45) is 5.84 Å². The molecule has 2 rings (SSSR count). The lowest BCUT2D eigenvalue weighted by atomic mass is 10.3. The Hall–Kier alpha value is -2.15. The van der Waals surface area contributed by atoms with Crippen molar-refractivity contribution in [3.63, 3.8) is 0 Å². The zero-order valence-electron chi connectivity index (χ0n) is 12.0. The highest BCUT2D eigenvalue weighted by atomic mass is 16.4. The van der Waals surface area contributed by atoms with Crippen LogP contribution in [0.2, 0.25) is 0 Å². The highest BCUT2D eigenvalue weighted by Gasteiger charge is 2.07. The van der Waals surface area contributed by atoms with Crippen LogP contribution in [0.5, 0.6) is 0 Å². The van der Waals surface area contributed by atoms with Crippen LogP contribution in [0.4, 0.5) is 11.6 Å². The Morgan fingerprint density at radius 1 is 1.20 bits per heavy atom. The summed E-state index contributed by atoms with van der Waals surface area (Å²) in [5.41, 5.74) is 3.45. The average molecular weight is 276 g/mol. The van der Waals surface area contributed by atoms with Gasteiger partial charge in [0.1, 0.15) is 23.2 Å². The highest BCUT2D eigenvalue weighted by molar-refractivity contribution is 5.46. The number of rotatable bonds is 6. The SMILES string of the molecule is CCCc1nc(NN)cc(NCc2nc(C)c(C)o2)n1. The summed E-state index contributed by atoms with van der Waals surface area (Å²) in [6, 6.07) is 1.75. The van der Waals surface area contributed by atoms with E-state index < -0.39 is 0 Å². The number of hydrazine groups is 1. The van der Waals surface area contributed by atoms with E-state index in [1.807, 2.05) is 13.8 Å². The van der Waals surface area contributed by atoms with Gasteiger partial charge in [-0.15, -0.1) is 0 Å². The third-order valence-corrected chi connectivity index (χ3v) is 2.89. The molecule has 0 aromatic carbocycles. The molecule has 0 aliphatic rings. The third kappa shape index (κ3) is 3.45. The van der Waals surface area contributed by atoms with Crippen molar-refractivity contribution in [1.29, 1.82) is 0 Å². The molecule has 0 saturated heterocycles. The molecule has 7 nitrogen and oxygen atoms in total. The van der Waals surface area contributed by atoms with Crippen molar-refractivity contribution in [3.05, 3.63) is 29.2 Å². The van der Waals surface area contributed by atoms with Crippen LogP contribution in [-0.2, 0) is 13.0 Å². The Kier molecular flexibility index (Phi) is 4.52. The molecule has 2 aromatic heterocycles. The van der Waals surface area contributed by atoms with E-state index in [0.29, 0.717) is 24.1 Å². The Balaban J connectivity index is 2.09. The summed E-state index contributed by atoms with van der Waals surface area (Å²) < 4.78 is 5.51. The van der Waals surface area contributed by atoms with E-state index in [1.54, 1.807) is 6.07 Å². The van der Waals surface area contributed by atoms with Crippen LogP contribution in [0, 0.1) is 13.8 Å². The molecule has 2 heterocycles. The predicted octanol–water partition coefficient (Wildman–Crippen LogP) is 1.93. The summed E-state index contributed by atoms with van der Waals surface area (Å²) in [6.07, 6.45) is 1.78. The van der Waals surface area contributed by atoms with E-state index in [4.69, 9.17) is 10.3 Å². The number of nitrogens with zero attached hydrogens (tertiary/aromatic N) is 3. The van der Waals surface area contributed by atoms with Gasteiger partial charge in [-0.05, 0) is 20.3 Å². The van der Waals surface area contributed by atoms with Crippen molar-refractivity contribution in [3.8, 4) is 0 Å². The Morgan fingerprint density at radius 2 is 1.95 bits per heavy atom. The minimum Gasteiger partial charge on any atom is -0.444 e. The smallest absolute Gasteiger partial charge is 0.213 e. The molecule has 0 aliphatic carbocycles. The van der Waals surface area contributed by atoms with Crippen molar-refractivity contribution in [2.75, 3.05) is 10.7 Å². The van der Waals surface area contributed by atoms with Gasteiger partial charge in [-0.3, -0.25) is 0 Å². The molecule has 2 aromatic rings. The fraction of sp³-hybridized carbons (Fsp3) is 0.462. The Morgan fingerprint density at radius 3 is 2.55 bits per heavy atom. The number of aryl methyl sites for hydroxylation is 3. The normalized spacial score (nSPS) is 10.6. The number of hydrogen-bond acceptors (Lipinski definition) is 7. The summed E-state index contributed by atoms with van der Waals surface area (Å²) >= 11 is 0. The second-order valence-corrected chi connectivity index (χ2v) is 4.55. The molecule has 0 atom stereocenters. The van der Waals surface area contributed by atoms with E-state index in [0.717, 1.165) is 30.1 Å². The molecule has 20 heavy (non-hydrogen) atoms. The lowest BCUT2D eigenvalue weighted by Crippen LogP contribution is -2.12. The lowest BCUT2D eigenvalue weighted by Gasteiger charge is -2.08. The van der Waals surface area contributed by atoms with Crippen LogP contribution in [0.15, 0.2) is 10.5 Å². The van der Waals surface area contributed by atoms with Crippen molar-refractivity contribution >= 4 is 11.6 Å². The first-order chi connectivity index (χ1) is 9.62. The molecule has 0 radical (unpaired) electrons. The first-order valence-corrected chi connectivity index (χ1v) is 6.63. The van der Waals surface area contributed by atoms with Crippen LogP contribution in [-0.4, -0.2) is 15.0 Å². The minimum atomic E-state index is 0.473. The molecule has 0 bridgehead atoms. The van der Waals surface area contributed by atoms with E-state index in [9.17, 15) is 0 Å². The van der Waals surface area contributed by atoms with Crippen molar-refractivity contribution in [2.45, 2.75) is 40.2 Å². The second-order valence-electron chi connectivity index (χ2n) is 4.55. The molecule has 0 spiro atoms. The number of nitrogen functional groups attached to an aromatic ring is 1. The van der Waals surface area contributed by atoms with E-state index in [1.165, 1.54) is 0 Å². The summed E-state index contributed by atoms with van der Waals surface area (Å²) in [4.78, 5) is 13.0. The molecule has 108 valence electrons. The standard InChI is InChI=1S/C13H20N6O/c1-4-5-10-17-11(6-12(18-10)19-14)15-7-13-16-8(2)9(3)20-13/h6H,4-5,7,14H2,1-3H3,(H2,15,17,18,19). The molecule has 7 heteroatoms. The van der Waals surface area contributed by atoms with Crippen LogP contribution in [0.25, 0.3) is 0 Å². The topological polar surface area (TPSA) is 102 Å². The fourth-order valence-electron chi connectivity index (χ4n) is 1.78. The van der Waals surface area contributed by atoms with Gasteiger partial charge in [-0.25, -0.2) is 20.8 Å². The molecule has 0 amide bonds. The number of oxazole rings is 1. The van der Waals surface area contributed by atoms with E-state index in [2.05, 4.69) is 32.6 Å². The maximum Gasteiger partial charge on any atom is 0.213 e. The highest BCUT2D eigenvalue weighted by Crippen LogP contribution is 2.14. The first kappa shape index (κ1) is 14.3. The minimum absolute atomic E-state index is 0.473. The van der Waals surface area contributed by atoms with Gasteiger partial charge in [0, 0.05) is 12.5 Å². The Bertz CT molecular complexity index is 561. The number of hydrogen-bond donors (Lipinski definition) is 3. The maximum absolute atomic E-state index is 5.51.